The number of terminal acetylenes is 1. The van der Waals surface area contributed by atoms with Crippen molar-refractivity contribution in [1.29, 1.82) is 5.26 Å². The number of carboxylic acids is 1. The highest BCUT2D eigenvalue weighted by Gasteiger charge is 2.06. The van der Waals surface area contributed by atoms with E-state index in [0.717, 1.165) is 10.0 Å². The number of carboxylic acid groups (broad SMARTS) is 1. The minimum atomic E-state index is -1.00. The Hall–Kier alpha value is -3.02. The Balaban J connectivity index is 2.30. The summed E-state index contributed by atoms with van der Waals surface area (Å²) >= 11 is 3.40. The van der Waals surface area contributed by atoms with Gasteiger partial charge in [0.05, 0.1) is 21.7 Å². The summed E-state index contributed by atoms with van der Waals surface area (Å²) in [6.07, 6.45) is 6.88. The molecule has 0 heterocycles. The lowest BCUT2D eigenvalue weighted by Crippen LogP contribution is -1.95. The summed E-state index contributed by atoms with van der Waals surface area (Å²) in [6.45, 7) is 0.174. The van der Waals surface area contributed by atoms with Gasteiger partial charge in [-0.3, -0.25) is 0 Å². The number of ether oxygens (including phenoxy) is 1. The average molecular weight is 382 g/mol. The summed E-state index contributed by atoms with van der Waals surface area (Å²) in [7, 11) is 0. The number of nitrogens with zero attached hydrogens (tertiary/aromatic N) is 1. The van der Waals surface area contributed by atoms with Gasteiger partial charge in [-0.15, -0.1) is 6.42 Å². The van der Waals surface area contributed by atoms with E-state index >= 15 is 0 Å². The Morgan fingerprint density at radius 3 is 2.46 bits per heavy atom. The molecule has 0 aliphatic rings. The summed E-state index contributed by atoms with van der Waals surface area (Å²) in [5.41, 5.74) is 2.05. The number of aromatic carboxylic acids is 1. The number of nitriles is 1. The molecule has 5 heteroatoms. The van der Waals surface area contributed by atoms with E-state index < -0.39 is 5.97 Å². The van der Waals surface area contributed by atoms with Gasteiger partial charge in [-0.05, 0) is 57.4 Å². The van der Waals surface area contributed by atoms with Crippen LogP contribution in [0.3, 0.4) is 0 Å². The lowest BCUT2D eigenvalue weighted by molar-refractivity contribution is 0.0697. The van der Waals surface area contributed by atoms with Crippen molar-refractivity contribution in [3.8, 4) is 24.2 Å². The van der Waals surface area contributed by atoms with Gasteiger partial charge in [0.15, 0.2) is 0 Å². The van der Waals surface area contributed by atoms with E-state index in [1.165, 1.54) is 12.1 Å². The molecule has 4 nitrogen and oxygen atoms in total. The number of benzene rings is 2. The fourth-order valence-corrected chi connectivity index (χ4v) is 2.49. The molecular formula is C19H12BrNO3. The summed E-state index contributed by atoms with van der Waals surface area (Å²) in [6, 6.07) is 13.7. The van der Waals surface area contributed by atoms with Gasteiger partial charge in [-0.25, -0.2) is 4.79 Å². The number of halogens is 1. The Morgan fingerprint density at radius 1 is 1.25 bits per heavy atom. The zero-order valence-corrected chi connectivity index (χ0v) is 14.1. The predicted molar refractivity (Wildman–Crippen MR) is 95.4 cm³/mol. The van der Waals surface area contributed by atoms with E-state index in [-0.39, 0.29) is 12.2 Å². The van der Waals surface area contributed by atoms with Gasteiger partial charge in [0, 0.05) is 0 Å². The maximum Gasteiger partial charge on any atom is 0.335 e. The minimum absolute atomic E-state index is 0.174. The van der Waals surface area contributed by atoms with Crippen molar-refractivity contribution in [2.75, 3.05) is 6.61 Å². The first-order valence-corrected chi connectivity index (χ1v) is 7.66. The molecule has 2 aromatic rings. The van der Waals surface area contributed by atoms with Crippen LogP contribution in [-0.4, -0.2) is 17.7 Å². The second kappa shape index (κ2) is 8.01. The Bertz CT molecular complexity index is 871. The van der Waals surface area contributed by atoms with E-state index in [1.54, 1.807) is 30.3 Å². The fourth-order valence-electron chi connectivity index (χ4n) is 1.98. The molecule has 0 aromatic heterocycles. The second-order valence-electron chi connectivity index (χ2n) is 4.73. The largest absolute Gasteiger partial charge is 0.480 e. The molecule has 118 valence electrons. The van der Waals surface area contributed by atoms with Crippen molar-refractivity contribution >= 4 is 33.5 Å². The van der Waals surface area contributed by atoms with Crippen molar-refractivity contribution < 1.29 is 14.6 Å². The maximum absolute atomic E-state index is 10.9. The average Bonchev–Trinajstić information content (AvgIpc) is 2.59. The van der Waals surface area contributed by atoms with Crippen molar-refractivity contribution in [3.05, 3.63) is 63.6 Å². The fraction of sp³-hybridized carbons (Fsp3) is 0.0526. The van der Waals surface area contributed by atoms with Gasteiger partial charge >= 0.3 is 5.97 Å². The Kier molecular flexibility index (Phi) is 5.78. The number of rotatable bonds is 5. The zero-order chi connectivity index (χ0) is 17.5. The van der Waals surface area contributed by atoms with Crippen LogP contribution < -0.4 is 4.74 Å². The van der Waals surface area contributed by atoms with Crippen LogP contribution in [0.1, 0.15) is 21.5 Å². The zero-order valence-electron chi connectivity index (χ0n) is 12.5. The molecule has 1 N–H and O–H groups in total. The lowest BCUT2D eigenvalue weighted by atomic mass is 10.0. The topological polar surface area (TPSA) is 70.3 Å². The summed E-state index contributed by atoms with van der Waals surface area (Å²) in [5.74, 6) is 2.01. The van der Waals surface area contributed by atoms with Gasteiger partial charge < -0.3 is 9.84 Å². The molecule has 0 saturated carbocycles. The monoisotopic (exact) mass is 381 g/mol. The molecule has 0 atom stereocenters. The van der Waals surface area contributed by atoms with E-state index in [1.807, 2.05) is 6.07 Å². The van der Waals surface area contributed by atoms with Gasteiger partial charge in [0.25, 0.3) is 0 Å². The molecule has 0 bridgehead atoms. The molecule has 0 saturated heterocycles. The van der Waals surface area contributed by atoms with Crippen LogP contribution in [0.25, 0.3) is 11.6 Å². The van der Waals surface area contributed by atoms with Gasteiger partial charge in [-0.1, -0.05) is 24.1 Å². The van der Waals surface area contributed by atoms with Gasteiger partial charge in [0.1, 0.15) is 12.4 Å². The van der Waals surface area contributed by atoms with E-state index in [4.69, 9.17) is 16.3 Å². The minimum Gasteiger partial charge on any atom is -0.480 e. The first-order chi connectivity index (χ1) is 11.5. The third kappa shape index (κ3) is 4.25. The lowest BCUT2D eigenvalue weighted by Gasteiger charge is -2.06. The second-order valence-corrected chi connectivity index (χ2v) is 5.59. The predicted octanol–water partition coefficient (Wildman–Crippen LogP) is 4.22. The summed E-state index contributed by atoms with van der Waals surface area (Å²) in [4.78, 5) is 10.9. The standard InChI is InChI=1S/C19H12BrNO3/c1-2-9-24-18-8-3-13(11-17(18)20)10-16(12-21)14-4-6-15(7-5-14)19(22)23/h1,3-8,10-11H,9H2,(H,22,23)/b16-10-. The molecule has 0 spiro atoms. The first-order valence-electron chi connectivity index (χ1n) is 6.86. The van der Waals surface area contributed by atoms with Crippen LogP contribution in [0.15, 0.2) is 46.9 Å². The Morgan fingerprint density at radius 2 is 1.92 bits per heavy atom. The van der Waals surface area contributed by atoms with E-state index in [9.17, 15) is 10.1 Å². The van der Waals surface area contributed by atoms with Crippen molar-refractivity contribution in [2.45, 2.75) is 0 Å². The molecule has 0 radical (unpaired) electrons. The van der Waals surface area contributed by atoms with Crippen molar-refractivity contribution in [1.82, 2.24) is 0 Å². The number of hydrogen-bond donors (Lipinski definition) is 1. The Labute approximate surface area is 148 Å². The summed E-state index contributed by atoms with van der Waals surface area (Å²) < 4.78 is 6.10. The van der Waals surface area contributed by atoms with E-state index in [2.05, 4.69) is 27.9 Å². The van der Waals surface area contributed by atoms with Gasteiger partial charge in [0.2, 0.25) is 0 Å². The third-order valence-corrected chi connectivity index (χ3v) is 3.76. The van der Waals surface area contributed by atoms with Crippen LogP contribution in [0, 0.1) is 23.7 Å². The highest BCUT2D eigenvalue weighted by Crippen LogP contribution is 2.28. The van der Waals surface area contributed by atoms with Crippen molar-refractivity contribution in [2.24, 2.45) is 0 Å². The summed E-state index contributed by atoms with van der Waals surface area (Å²) in [5, 5.41) is 18.3. The highest BCUT2D eigenvalue weighted by atomic mass is 79.9. The number of allylic oxidation sites excluding steroid dienone is 1. The molecule has 2 aromatic carbocycles. The molecular weight excluding hydrogens is 370 g/mol. The van der Waals surface area contributed by atoms with Crippen LogP contribution in [0.4, 0.5) is 0 Å². The molecule has 0 amide bonds. The molecule has 0 fully saturated rings. The first kappa shape index (κ1) is 17.3. The quantitative estimate of drug-likeness (QED) is 0.478. The van der Waals surface area contributed by atoms with E-state index in [0.29, 0.717) is 16.9 Å². The van der Waals surface area contributed by atoms with Crippen LogP contribution >= 0.6 is 15.9 Å². The van der Waals surface area contributed by atoms with Crippen molar-refractivity contribution in [3.63, 3.8) is 0 Å². The molecule has 0 aliphatic carbocycles. The molecule has 0 unspecified atom stereocenters. The van der Waals surface area contributed by atoms with Crippen LogP contribution in [-0.2, 0) is 0 Å². The number of hydrogen-bond acceptors (Lipinski definition) is 3. The molecule has 24 heavy (non-hydrogen) atoms. The SMILES string of the molecule is C#CCOc1ccc(/C=C(/C#N)c2ccc(C(=O)O)cc2)cc1Br. The van der Waals surface area contributed by atoms with Crippen LogP contribution in [0.2, 0.25) is 0 Å². The normalized spacial score (nSPS) is 10.5. The highest BCUT2D eigenvalue weighted by molar-refractivity contribution is 9.10. The molecule has 2 rings (SSSR count). The van der Waals surface area contributed by atoms with Crippen LogP contribution in [0.5, 0.6) is 5.75 Å². The third-order valence-electron chi connectivity index (χ3n) is 3.14. The molecule has 0 aliphatic heterocycles. The van der Waals surface area contributed by atoms with Gasteiger partial charge in [-0.2, -0.15) is 5.26 Å². The maximum atomic E-state index is 10.9. The number of carbonyl (C=O) groups is 1. The smallest absolute Gasteiger partial charge is 0.335 e.